The van der Waals surface area contributed by atoms with Crippen molar-refractivity contribution >= 4 is 17.7 Å². The molecule has 0 aliphatic heterocycles. The molecule has 0 saturated carbocycles. The van der Waals surface area contributed by atoms with Gasteiger partial charge in [-0.05, 0) is 60.7 Å². The lowest BCUT2D eigenvalue weighted by molar-refractivity contribution is -0.124. The van der Waals surface area contributed by atoms with E-state index in [-0.39, 0.29) is 19.1 Å². The Morgan fingerprint density at radius 2 is 1.85 bits per heavy atom. The predicted molar refractivity (Wildman–Crippen MR) is 120 cm³/mol. The highest BCUT2D eigenvalue weighted by molar-refractivity contribution is 5.86. The van der Waals surface area contributed by atoms with Crippen molar-refractivity contribution in [3.05, 3.63) is 71.8 Å². The zero-order valence-electron chi connectivity index (χ0n) is 18.2. The molecular formula is C24H27N3O6. The lowest BCUT2D eigenvalue weighted by Crippen LogP contribution is -2.22. The van der Waals surface area contributed by atoms with E-state index in [4.69, 9.17) is 25.0 Å². The smallest absolute Gasteiger partial charge is 0.412 e. The number of hydroxylamine groups is 1. The van der Waals surface area contributed by atoms with Gasteiger partial charge >= 0.3 is 6.09 Å². The molecule has 33 heavy (non-hydrogen) atoms. The van der Waals surface area contributed by atoms with Gasteiger partial charge in [-0.1, -0.05) is 25.1 Å². The first-order valence-corrected chi connectivity index (χ1v) is 10.4. The Balaban J connectivity index is 2.11. The number of anilines is 1. The molecule has 4 N–H and O–H groups in total. The summed E-state index contributed by atoms with van der Waals surface area (Å²) in [5.74, 6) is -0.141. The van der Waals surface area contributed by atoms with Crippen molar-refractivity contribution in [1.82, 2.24) is 5.48 Å². The van der Waals surface area contributed by atoms with Gasteiger partial charge in [-0.3, -0.25) is 15.3 Å². The largest absolute Gasteiger partial charge is 0.491 e. The summed E-state index contributed by atoms with van der Waals surface area (Å²) in [6.45, 7) is 2.01. The molecule has 0 aliphatic carbocycles. The zero-order valence-corrected chi connectivity index (χ0v) is 18.2. The maximum absolute atomic E-state index is 12.6. The number of allylic oxidation sites excluding steroid dienone is 1. The monoisotopic (exact) mass is 453 g/mol. The number of aliphatic hydroxyl groups is 1. The minimum Gasteiger partial charge on any atom is -0.491 e. The molecule has 0 radical (unpaired) electrons. The highest BCUT2D eigenvalue weighted by Crippen LogP contribution is 2.31. The molecule has 2 aromatic rings. The maximum atomic E-state index is 12.6. The first kappa shape index (κ1) is 25.4. The Bertz CT molecular complexity index is 967. The number of nitrogens with zero attached hydrogens (tertiary/aromatic N) is 1. The summed E-state index contributed by atoms with van der Waals surface area (Å²) >= 11 is 0. The molecule has 0 saturated heterocycles. The molecule has 9 nitrogen and oxygen atoms in total. The summed E-state index contributed by atoms with van der Waals surface area (Å²) in [6, 6.07) is 15.5. The summed E-state index contributed by atoms with van der Waals surface area (Å²) in [7, 11) is 0. The number of carbonyl (C=O) groups is 2. The molecule has 2 amide bonds. The van der Waals surface area contributed by atoms with Crippen LogP contribution in [0.25, 0.3) is 0 Å². The number of hydrogen-bond donors (Lipinski definition) is 4. The number of rotatable bonds is 11. The Morgan fingerprint density at radius 1 is 1.15 bits per heavy atom. The SMILES string of the molecule is C[C@H](CC/C=C/C(=O)NO)[C@H](OC(=O)Nc1ccc(C#N)cc1)c1ccc(OCCO)cc1. The van der Waals surface area contributed by atoms with E-state index in [9.17, 15) is 9.59 Å². The highest BCUT2D eigenvalue weighted by atomic mass is 16.6. The molecule has 0 heterocycles. The fraction of sp³-hybridized carbons (Fsp3) is 0.292. The van der Waals surface area contributed by atoms with E-state index in [0.717, 1.165) is 5.56 Å². The van der Waals surface area contributed by atoms with E-state index in [1.807, 2.05) is 13.0 Å². The molecule has 0 unspecified atom stereocenters. The number of aliphatic hydroxyl groups excluding tert-OH is 1. The van der Waals surface area contributed by atoms with Crippen LogP contribution in [0, 0.1) is 17.2 Å². The number of benzene rings is 2. The lowest BCUT2D eigenvalue weighted by atomic mass is 9.93. The third-order valence-corrected chi connectivity index (χ3v) is 4.75. The van der Waals surface area contributed by atoms with Gasteiger partial charge in [0.15, 0.2) is 0 Å². The fourth-order valence-corrected chi connectivity index (χ4v) is 3.06. The van der Waals surface area contributed by atoms with Crippen molar-refractivity contribution < 1.29 is 29.4 Å². The fourth-order valence-electron chi connectivity index (χ4n) is 3.06. The summed E-state index contributed by atoms with van der Waals surface area (Å²) in [5, 5.41) is 29.0. The molecule has 0 spiro atoms. The van der Waals surface area contributed by atoms with Crippen molar-refractivity contribution in [2.75, 3.05) is 18.5 Å². The molecule has 0 aliphatic rings. The molecule has 2 rings (SSSR count). The van der Waals surface area contributed by atoms with E-state index in [1.54, 1.807) is 54.6 Å². The minimum absolute atomic E-state index is 0.0954. The van der Waals surface area contributed by atoms with Crippen LogP contribution >= 0.6 is 0 Å². The van der Waals surface area contributed by atoms with Crippen LogP contribution in [0.15, 0.2) is 60.7 Å². The number of nitrogens with one attached hydrogen (secondary N) is 2. The second-order valence-corrected chi connectivity index (χ2v) is 7.21. The van der Waals surface area contributed by atoms with Crippen molar-refractivity contribution in [1.29, 1.82) is 5.26 Å². The van der Waals surface area contributed by atoms with Gasteiger partial charge in [0.2, 0.25) is 0 Å². The molecule has 0 aromatic heterocycles. The van der Waals surface area contributed by atoms with Gasteiger partial charge in [-0.15, -0.1) is 0 Å². The molecule has 2 aromatic carbocycles. The molecule has 9 heteroatoms. The average Bonchev–Trinajstić information content (AvgIpc) is 2.84. The second kappa shape index (κ2) is 13.5. The third-order valence-electron chi connectivity index (χ3n) is 4.75. The van der Waals surface area contributed by atoms with Gasteiger partial charge in [0.05, 0.1) is 18.2 Å². The standard InChI is InChI=1S/C24H27N3O6/c1-17(4-2-3-5-22(29)27-31)23(19-8-12-21(13-9-19)32-15-14-28)33-24(30)26-20-10-6-18(16-25)7-11-20/h3,5-13,17,23,28,31H,2,4,14-15H2,1H3,(H,26,30)(H,27,29)/b5-3+/t17-,23+/m1/s1. The average molecular weight is 453 g/mol. The summed E-state index contributed by atoms with van der Waals surface area (Å²) in [5.41, 5.74) is 3.26. The van der Waals surface area contributed by atoms with Gasteiger partial charge in [-0.25, -0.2) is 10.3 Å². The van der Waals surface area contributed by atoms with E-state index >= 15 is 0 Å². The van der Waals surface area contributed by atoms with Gasteiger partial charge < -0.3 is 14.6 Å². The van der Waals surface area contributed by atoms with Crippen LogP contribution in [0.5, 0.6) is 5.75 Å². The summed E-state index contributed by atoms with van der Waals surface area (Å²) in [6.07, 6.45) is 2.76. The van der Waals surface area contributed by atoms with Crippen LogP contribution in [0.1, 0.15) is 37.0 Å². The summed E-state index contributed by atoms with van der Waals surface area (Å²) in [4.78, 5) is 23.7. The molecule has 174 valence electrons. The van der Waals surface area contributed by atoms with E-state index < -0.39 is 18.1 Å². The lowest BCUT2D eigenvalue weighted by Gasteiger charge is -2.25. The summed E-state index contributed by atoms with van der Waals surface area (Å²) < 4.78 is 11.1. The first-order valence-electron chi connectivity index (χ1n) is 10.4. The quantitative estimate of drug-likeness (QED) is 0.231. The Labute approximate surface area is 192 Å². The number of carbonyl (C=O) groups excluding carboxylic acids is 2. The second-order valence-electron chi connectivity index (χ2n) is 7.21. The van der Waals surface area contributed by atoms with Crippen molar-refractivity contribution in [3.63, 3.8) is 0 Å². The maximum Gasteiger partial charge on any atom is 0.412 e. The minimum atomic E-state index is -0.646. The number of ether oxygens (including phenoxy) is 2. The number of hydrogen-bond acceptors (Lipinski definition) is 7. The van der Waals surface area contributed by atoms with Crippen LogP contribution < -0.4 is 15.5 Å². The van der Waals surface area contributed by atoms with Gasteiger partial charge in [0.25, 0.3) is 5.91 Å². The Hall–Kier alpha value is -3.87. The van der Waals surface area contributed by atoms with Crippen LogP contribution in [0.2, 0.25) is 0 Å². The number of amides is 2. The normalized spacial score (nSPS) is 12.4. The first-order chi connectivity index (χ1) is 16.0. The molecular weight excluding hydrogens is 426 g/mol. The topological polar surface area (TPSA) is 141 Å². The molecule has 0 fully saturated rings. The van der Waals surface area contributed by atoms with E-state index in [2.05, 4.69) is 5.32 Å². The van der Waals surface area contributed by atoms with Crippen LogP contribution in [-0.4, -0.2) is 35.5 Å². The van der Waals surface area contributed by atoms with Gasteiger partial charge in [0, 0.05) is 11.8 Å². The number of nitriles is 1. The van der Waals surface area contributed by atoms with Crippen LogP contribution in [0.4, 0.5) is 10.5 Å². The molecule has 0 bridgehead atoms. The van der Waals surface area contributed by atoms with Gasteiger partial charge in [0.1, 0.15) is 18.5 Å². The van der Waals surface area contributed by atoms with Crippen LogP contribution in [-0.2, 0) is 9.53 Å². The van der Waals surface area contributed by atoms with Crippen molar-refractivity contribution in [3.8, 4) is 11.8 Å². The Morgan fingerprint density at radius 3 is 2.45 bits per heavy atom. The van der Waals surface area contributed by atoms with E-state index in [1.165, 1.54) is 11.6 Å². The molecule has 2 atom stereocenters. The Kier molecular flexibility index (Phi) is 10.4. The van der Waals surface area contributed by atoms with Crippen molar-refractivity contribution in [2.24, 2.45) is 5.92 Å². The third kappa shape index (κ3) is 8.65. The van der Waals surface area contributed by atoms with E-state index in [0.29, 0.717) is 29.8 Å². The van der Waals surface area contributed by atoms with Crippen LogP contribution in [0.3, 0.4) is 0 Å². The predicted octanol–water partition coefficient (Wildman–Crippen LogP) is 3.70. The van der Waals surface area contributed by atoms with Gasteiger partial charge in [-0.2, -0.15) is 5.26 Å². The highest BCUT2D eigenvalue weighted by Gasteiger charge is 2.23. The zero-order chi connectivity index (χ0) is 24.1. The van der Waals surface area contributed by atoms with Crippen molar-refractivity contribution in [2.45, 2.75) is 25.9 Å².